The molecule has 2 aromatic carbocycles. The summed E-state index contributed by atoms with van der Waals surface area (Å²) in [5.74, 6) is 2.03. The summed E-state index contributed by atoms with van der Waals surface area (Å²) in [4.78, 5) is 10.6. The fourth-order valence-corrected chi connectivity index (χ4v) is 4.01. The van der Waals surface area contributed by atoms with E-state index in [0.29, 0.717) is 35.7 Å². The predicted octanol–water partition coefficient (Wildman–Crippen LogP) is 2.97. The van der Waals surface area contributed by atoms with Crippen LogP contribution in [0.5, 0.6) is 11.5 Å². The molecule has 2 aliphatic heterocycles. The van der Waals surface area contributed by atoms with Gasteiger partial charge >= 0.3 is 0 Å². The molecule has 0 amide bonds. The lowest BCUT2D eigenvalue weighted by Crippen LogP contribution is -2.16. The molecule has 3 heterocycles. The van der Waals surface area contributed by atoms with E-state index in [1.807, 2.05) is 24.3 Å². The van der Waals surface area contributed by atoms with Gasteiger partial charge in [-0.2, -0.15) is 0 Å². The predicted molar refractivity (Wildman–Crippen MR) is 97.5 cm³/mol. The third-order valence-corrected chi connectivity index (χ3v) is 5.38. The third-order valence-electron chi connectivity index (χ3n) is 4.29. The highest BCUT2D eigenvalue weighted by molar-refractivity contribution is 7.99. The van der Waals surface area contributed by atoms with Gasteiger partial charge in [-0.15, -0.1) is 10.2 Å². The number of hydrogen-bond acceptors (Lipinski definition) is 8. The second-order valence-electron chi connectivity index (χ2n) is 5.98. The number of fused-ring (bicyclic) bond motifs is 2. The molecule has 10 heteroatoms. The summed E-state index contributed by atoms with van der Waals surface area (Å²) in [6, 6.07) is 12.2. The van der Waals surface area contributed by atoms with Crippen LogP contribution in [0.1, 0.15) is 10.9 Å². The number of nitrogens with zero attached hydrogens (tertiary/aromatic N) is 4. The molecule has 0 saturated carbocycles. The number of ether oxygens (including phenoxy) is 2. The first-order valence-electron chi connectivity index (χ1n) is 8.22. The molecule has 0 fully saturated rings. The molecular weight excluding hydrogens is 370 g/mol. The van der Waals surface area contributed by atoms with Crippen molar-refractivity contribution >= 4 is 17.4 Å². The van der Waals surface area contributed by atoms with Gasteiger partial charge in [0.2, 0.25) is 5.16 Å². The average Bonchev–Trinajstić information content (AvgIpc) is 3.28. The molecule has 0 aliphatic carbocycles. The standard InChI is InChI=1S/C17H13N5O4S/c23-22(24)12-3-1-2-11(8-12)16-20-21-15(18-19-17(21)27-16)10-4-5-13-14(9-10)26-7-6-25-13/h1-5,8-9,16,20H,6-7H2. The Kier molecular flexibility index (Phi) is 3.64. The summed E-state index contributed by atoms with van der Waals surface area (Å²) in [6.45, 7) is 1.05. The minimum atomic E-state index is -0.399. The van der Waals surface area contributed by atoms with Crippen LogP contribution in [0.3, 0.4) is 0 Å². The van der Waals surface area contributed by atoms with Crippen LogP contribution >= 0.6 is 11.8 Å². The quantitative estimate of drug-likeness (QED) is 0.544. The summed E-state index contributed by atoms with van der Waals surface area (Å²) in [5, 5.41) is 20.0. The highest BCUT2D eigenvalue weighted by atomic mass is 32.2. The number of aromatic nitrogens is 3. The summed E-state index contributed by atoms with van der Waals surface area (Å²) < 4.78 is 13.0. The lowest BCUT2D eigenvalue weighted by Gasteiger charge is -2.19. The summed E-state index contributed by atoms with van der Waals surface area (Å²) in [6.07, 6.45) is 0. The van der Waals surface area contributed by atoms with Gasteiger partial charge < -0.3 is 14.9 Å². The summed E-state index contributed by atoms with van der Waals surface area (Å²) >= 11 is 1.45. The van der Waals surface area contributed by atoms with Gasteiger partial charge in [0.05, 0.1) is 4.92 Å². The van der Waals surface area contributed by atoms with Crippen molar-refractivity contribution in [3.05, 3.63) is 58.1 Å². The topological polar surface area (TPSA) is 104 Å². The number of rotatable bonds is 3. The van der Waals surface area contributed by atoms with Crippen LogP contribution in [0.4, 0.5) is 5.69 Å². The van der Waals surface area contributed by atoms with Crippen LogP contribution in [-0.4, -0.2) is 33.0 Å². The number of non-ortho nitro benzene ring substituents is 1. The van der Waals surface area contributed by atoms with E-state index < -0.39 is 4.92 Å². The molecule has 0 bridgehead atoms. The monoisotopic (exact) mass is 383 g/mol. The van der Waals surface area contributed by atoms with Crippen molar-refractivity contribution in [3.63, 3.8) is 0 Å². The summed E-state index contributed by atoms with van der Waals surface area (Å²) in [7, 11) is 0. The van der Waals surface area contributed by atoms with Gasteiger partial charge in [0.15, 0.2) is 17.3 Å². The van der Waals surface area contributed by atoms with Gasteiger partial charge in [-0.3, -0.25) is 10.1 Å². The minimum absolute atomic E-state index is 0.0598. The molecule has 0 saturated heterocycles. The van der Waals surface area contributed by atoms with Crippen molar-refractivity contribution in [2.75, 3.05) is 18.6 Å². The summed E-state index contributed by atoms with van der Waals surface area (Å²) in [5.41, 5.74) is 5.00. The fourth-order valence-electron chi connectivity index (χ4n) is 3.03. The molecule has 1 atom stereocenters. The fraction of sp³-hybridized carbons (Fsp3) is 0.176. The van der Waals surface area contributed by atoms with Crippen molar-refractivity contribution in [1.29, 1.82) is 0 Å². The van der Waals surface area contributed by atoms with E-state index in [1.54, 1.807) is 16.8 Å². The van der Waals surface area contributed by atoms with Crippen LogP contribution in [0.15, 0.2) is 47.6 Å². The Morgan fingerprint density at radius 3 is 2.85 bits per heavy atom. The molecular formula is C17H13N5O4S. The van der Waals surface area contributed by atoms with Crippen LogP contribution in [-0.2, 0) is 0 Å². The molecule has 1 unspecified atom stereocenters. The van der Waals surface area contributed by atoms with E-state index >= 15 is 0 Å². The zero-order valence-electron chi connectivity index (χ0n) is 13.9. The molecule has 3 aromatic rings. The molecule has 0 spiro atoms. The Balaban J connectivity index is 1.45. The molecule has 27 heavy (non-hydrogen) atoms. The lowest BCUT2D eigenvalue weighted by atomic mass is 10.2. The second-order valence-corrected chi connectivity index (χ2v) is 7.05. The Hall–Kier alpha value is -3.27. The van der Waals surface area contributed by atoms with E-state index in [9.17, 15) is 10.1 Å². The Morgan fingerprint density at radius 1 is 1.15 bits per heavy atom. The van der Waals surface area contributed by atoms with Gasteiger partial charge in [-0.05, 0) is 23.8 Å². The molecule has 9 nitrogen and oxygen atoms in total. The molecule has 5 rings (SSSR count). The highest BCUT2D eigenvalue weighted by Gasteiger charge is 2.29. The van der Waals surface area contributed by atoms with Crippen molar-refractivity contribution in [3.8, 4) is 22.9 Å². The van der Waals surface area contributed by atoms with Gasteiger partial charge in [0.25, 0.3) is 5.69 Å². The van der Waals surface area contributed by atoms with Crippen LogP contribution in [0, 0.1) is 10.1 Å². The Morgan fingerprint density at radius 2 is 2.00 bits per heavy atom. The van der Waals surface area contributed by atoms with E-state index in [1.165, 1.54) is 17.8 Å². The van der Waals surface area contributed by atoms with E-state index in [2.05, 4.69) is 15.6 Å². The maximum atomic E-state index is 11.0. The molecule has 1 aromatic heterocycles. The molecule has 136 valence electrons. The Labute approximate surface area is 157 Å². The van der Waals surface area contributed by atoms with Gasteiger partial charge in [0, 0.05) is 17.7 Å². The van der Waals surface area contributed by atoms with Crippen molar-refractivity contribution < 1.29 is 14.4 Å². The zero-order valence-corrected chi connectivity index (χ0v) is 14.7. The van der Waals surface area contributed by atoms with Crippen molar-refractivity contribution in [2.45, 2.75) is 10.5 Å². The smallest absolute Gasteiger partial charge is 0.269 e. The third kappa shape index (κ3) is 2.74. The number of thioether (sulfide) groups is 1. The van der Waals surface area contributed by atoms with Gasteiger partial charge in [-0.25, -0.2) is 4.68 Å². The van der Waals surface area contributed by atoms with Crippen molar-refractivity contribution in [2.24, 2.45) is 0 Å². The number of benzene rings is 2. The zero-order chi connectivity index (χ0) is 18.4. The number of nitro benzene ring substituents is 1. The lowest BCUT2D eigenvalue weighted by molar-refractivity contribution is -0.384. The molecule has 2 aliphatic rings. The maximum absolute atomic E-state index is 11.0. The van der Waals surface area contributed by atoms with E-state index in [-0.39, 0.29) is 11.1 Å². The first-order chi connectivity index (χ1) is 13.2. The van der Waals surface area contributed by atoms with Gasteiger partial charge in [-0.1, -0.05) is 23.9 Å². The first kappa shape index (κ1) is 15.9. The second kappa shape index (κ2) is 6.16. The number of nitro groups is 1. The molecule has 0 radical (unpaired) electrons. The Bertz CT molecular complexity index is 1050. The van der Waals surface area contributed by atoms with Crippen LogP contribution in [0.2, 0.25) is 0 Å². The van der Waals surface area contributed by atoms with E-state index in [4.69, 9.17) is 9.47 Å². The average molecular weight is 383 g/mol. The number of nitrogens with one attached hydrogen (secondary N) is 1. The highest BCUT2D eigenvalue weighted by Crippen LogP contribution is 2.42. The minimum Gasteiger partial charge on any atom is -0.486 e. The van der Waals surface area contributed by atoms with E-state index in [0.717, 1.165) is 11.1 Å². The normalized spacial score (nSPS) is 17.3. The van der Waals surface area contributed by atoms with Crippen LogP contribution in [0.25, 0.3) is 11.4 Å². The van der Waals surface area contributed by atoms with Gasteiger partial charge in [0.1, 0.15) is 18.6 Å². The van der Waals surface area contributed by atoms with Crippen LogP contribution < -0.4 is 14.9 Å². The number of hydrogen-bond donors (Lipinski definition) is 1. The SMILES string of the molecule is O=[N+]([O-])c1cccc(C2Nn3c(nnc3-c3ccc4c(c3)OCCO4)S2)c1. The maximum Gasteiger partial charge on any atom is 0.269 e. The van der Waals surface area contributed by atoms with Crippen molar-refractivity contribution in [1.82, 2.24) is 14.9 Å². The molecule has 1 N–H and O–H groups in total. The first-order valence-corrected chi connectivity index (χ1v) is 9.10. The largest absolute Gasteiger partial charge is 0.486 e.